The second-order valence-corrected chi connectivity index (χ2v) is 5.87. The van der Waals surface area contributed by atoms with E-state index in [0.29, 0.717) is 19.8 Å². The molecule has 0 saturated carbocycles. The van der Waals surface area contributed by atoms with Gasteiger partial charge in [0.15, 0.2) is 0 Å². The normalized spacial score (nSPS) is 14.6. The van der Waals surface area contributed by atoms with Gasteiger partial charge < -0.3 is 14.2 Å². The van der Waals surface area contributed by atoms with Gasteiger partial charge in [-0.05, 0) is 50.0 Å². The highest BCUT2D eigenvalue weighted by molar-refractivity contribution is 5.69. The molecule has 0 aromatic heterocycles. The van der Waals surface area contributed by atoms with Crippen molar-refractivity contribution in [2.75, 3.05) is 26.9 Å². The van der Waals surface area contributed by atoms with Gasteiger partial charge in [0.2, 0.25) is 0 Å². The highest BCUT2D eigenvalue weighted by atomic mass is 16.6. The quantitative estimate of drug-likeness (QED) is 0.632. The largest absolute Gasteiger partial charge is 0.382 e. The van der Waals surface area contributed by atoms with E-state index in [-0.39, 0.29) is 12.2 Å². The van der Waals surface area contributed by atoms with Crippen LogP contribution in [0.15, 0.2) is 36.9 Å². The molecule has 0 heterocycles. The molecular formula is C20H30O3. The maximum Gasteiger partial charge on any atom is 0.0785 e. The minimum Gasteiger partial charge on any atom is -0.382 e. The Bertz CT molecular complexity index is 502. The van der Waals surface area contributed by atoms with Gasteiger partial charge in [0.05, 0.1) is 32.0 Å². The van der Waals surface area contributed by atoms with Crippen molar-refractivity contribution in [3.63, 3.8) is 0 Å². The summed E-state index contributed by atoms with van der Waals surface area (Å²) in [6.45, 7) is 13.9. The second-order valence-electron chi connectivity index (χ2n) is 5.87. The minimum atomic E-state index is 0.0237. The Balaban J connectivity index is 2.41. The topological polar surface area (TPSA) is 27.7 Å². The Labute approximate surface area is 141 Å². The van der Waals surface area contributed by atoms with Crippen molar-refractivity contribution in [1.82, 2.24) is 0 Å². The zero-order valence-electron chi connectivity index (χ0n) is 15.1. The molecule has 3 nitrogen and oxygen atoms in total. The molecule has 128 valence electrons. The Kier molecular flexibility index (Phi) is 8.85. The third-order valence-electron chi connectivity index (χ3n) is 3.74. The Morgan fingerprint density at radius 3 is 2.17 bits per heavy atom. The van der Waals surface area contributed by atoms with Crippen LogP contribution in [-0.4, -0.2) is 39.1 Å². The van der Waals surface area contributed by atoms with Crippen LogP contribution >= 0.6 is 0 Å². The maximum atomic E-state index is 5.81. The van der Waals surface area contributed by atoms with Gasteiger partial charge in [-0.25, -0.2) is 0 Å². The van der Waals surface area contributed by atoms with Gasteiger partial charge in [0.1, 0.15) is 0 Å². The smallest absolute Gasteiger partial charge is 0.0785 e. The summed E-state index contributed by atoms with van der Waals surface area (Å²) in [6.07, 6.45) is 2.21. The lowest BCUT2D eigenvalue weighted by molar-refractivity contribution is -0.0443. The molecule has 1 rings (SSSR count). The van der Waals surface area contributed by atoms with E-state index < -0.39 is 0 Å². The van der Waals surface area contributed by atoms with E-state index in [1.165, 1.54) is 11.1 Å². The molecule has 2 atom stereocenters. The molecule has 1 aromatic carbocycles. The summed E-state index contributed by atoms with van der Waals surface area (Å²) in [5, 5.41) is 0. The van der Waals surface area contributed by atoms with Crippen molar-refractivity contribution in [3.05, 3.63) is 48.0 Å². The van der Waals surface area contributed by atoms with E-state index in [4.69, 9.17) is 14.2 Å². The SMILES string of the molecule is C=C(COC(C)COC(C)COC)c1ccc(/C(C)=C/C)cc1. The standard InChI is InChI=1S/C20H30O3/c1-7-15(2)19-8-10-20(11-9-19)16(3)12-22-18(5)14-23-17(4)13-21-6/h7-11,17-18H,3,12-14H2,1-2,4-6H3/b15-7+. The highest BCUT2D eigenvalue weighted by Gasteiger charge is 2.08. The van der Waals surface area contributed by atoms with Crippen molar-refractivity contribution in [3.8, 4) is 0 Å². The van der Waals surface area contributed by atoms with Crippen LogP contribution in [0.3, 0.4) is 0 Å². The Morgan fingerprint density at radius 1 is 1.04 bits per heavy atom. The molecule has 0 N–H and O–H groups in total. The number of hydrogen-bond donors (Lipinski definition) is 0. The van der Waals surface area contributed by atoms with E-state index in [9.17, 15) is 0 Å². The minimum absolute atomic E-state index is 0.0237. The van der Waals surface area contributed by atoms with Gasteiger partial charge in [-0.15, -0.1) is 0 Å². The summed E-state index contributed by atoms with van der Waals surface area (Å²) in [5.41, 5.74) is 4.60. The fourth-order valence-electron chi connectivity index (χ4n) is 2.09. The molecule has 0 bridgehead atoms. The van der Waals surface area contributed by atoms with Crippen molar-refractivity contribution < 1.29 is 14.2 Å². The van der Waals surface area contributed by atoms with E-state index in [1.54, 1.807) is 7.11 Å². The van der Waals surface area contributed by atoms with Crippen molar-refractivity contribution in [1.29, 1.82) is 0 Å². The first-order valence-corrected chi connectivity index (χ1v) is 8.11. The summed E-state index contributed by atoms with van der Waals surface area (Å²) >= 11 is 0. The van der Waals surface area contributed by atoms with Gasteiger partial charge in [0.25, 0.3) is 0 Å². The molecule has 1 aromatic rings. The van der Waals surface area contributed by atoms with Crippen LogP contribution in [0.2, 0.25) is 0 Å². The van der Waals surface area contributed by atoms with E-state index in [1.807, 2.05) is 20.8 Å². The zero-order chi connectivity index (χ0) is 17.2. The maximum absolute atomic E-state index is 5.81. The predicted molar refractivity (Wildman–Crippen MR) is 97.5 cm³/mol. The molecule has 0 radical (unpaired) electrons. The summed E-state index contributed by atoms with van der Waals surface area (Å²) in [4.78, 5) is 0. The highest BCUT2D eigenvalue weighted by Crippen LogP contribution is 2.18. The average Bonchev–Trinajstić information content (AvgIpc) is 2.57. The summed E-state index contributed by atoms with van der Waals surface area (Å²) in [7, 11) is 1.67. The first-order chi connectivity index (χ1) is 11.0. The average molecular weight is 318 g/mol. The lowest BCUT2D eigenvalue weighted by Crippen LogP contribution is -2.23. The van der Waals surface area contributed by atoms with E-state index in [2.05, 4.69) is 43.8 Å². The molecule has 23 heavy (non-hydrogen) atoms. The number of benzene rings is 1. The molecule has 0 fully saturated rings. The molecule has 0 spiro atoms. The molecule has 0 aliphatic carbocycles. The lowest BCUT2D eigenvalue weighted by atomic mass is 10.0. The van der Waals surface area contributed by atoms with Crippen LogP contribution in [0.4, 0.5) is 0 Å². The molecular weight excluding hydrogens is 288 g/mol. The van der Waals surface area contributed by atoms with Crippen LogP contribution < -0.4 is 0 Å². The Hall–Kier alpha value is -1.42. The monoisotopic (exact) mass is 318 g/mol. The first kappa shape index (κ1) is 19.6. The summed E-state index contributed by atoms with van der Waals surface area (Å²) in [5.74, 6) is 0. The predicted octanol–water partition coefficient (Wildman–Crippen LogP) is 4.58. The van der Waals surface area contributed by atoms with Crippen LogP contribution in [0.5, 0.6) is 0 Å². The molecule has 0 saturated heterocycles. The zero-order valence-corrected chi connectivity index (χ0v) is 15.1. The second kappa shape index (κ2) is 10.4. The molecule has 2 unspecified atom stereocenters. The molecule has 3 heteroatoms. The van der Waals surface area contributed by atoms with Crippen LogP contribution in [0.1, 0.15) is 38.8 Å². The van der Waals surface area contributed by atoms with Gasteiger partial charge in [-0.2, -0.15) is 0 Å². The van der Waals surface area contributed by atoms with E-state index in [0.717, 1.165) is 11.1 Å². The number of allylic oxidation sites excluding steroid dienone is 2. The van der Waals surface area contributed by atoms with Gasteiger partial charge in [0, 0.05) is 7.11 Å². The summed E-state index contributed by atoms with van der Waals surface area (Å²) < 4.78 is 16.5. The molecule has 0 aliphatic rings. The first-order valence-electron chi connectivity index (χ1n) is 8.11. The number of ether oxygens (including phenoxy) is 3. The van der Waals surface area contributed by atoms with Crippen LogP contribution in [-0.2, 0) is 14.2 Å². The number of methoxy groups -OCH3 is 1. The fraction of sp³-hybridized carbons (Fsp3) is 0.500. The van der Waals surface area contributed by atoms with Crippen LogP contribution in [0, 0.1) is 0 Å². The van der Waals surface area contributed by atoms with Crippen molar-refractivity contribution >= 4 is 11.1 Å². The summed E-state index contributed by atoms with van der Waals surface area (Å²) in [6, 6.07) is 8.43. The van der Waals surface area contributed by atoms with Crippen LogP contribution in [0.25, 0.3) is 11.1 Å². The number of rotatable bonds is 10. The van der Waals surface area contributed by atoms with Gasteiger partial charge >= 0.3 is 0 Å². The third-order valence-corrected chi connectivity index (χ3v) is 3.74. The molecule has 0 amide bonds. The fourth-order valence-corrected chi connectivity index (χ4v) is 2.09. The molecule has 0 aliphatic heterocycles. The number of hydrogen-bond acceptors (Lipinski definition) is 3. The Morgan fingerprint density at radius 2 is 1.61 bits per heavy atom. The van der Waals surface area contributed by atoms with E-state index >= 15 is 0 Å². The lowest BCUT2D eigenvalue weighted by Gasteiger charge is -2.18. The van der Waals surface area contributed by atoms with Gasteiger partial charge in [-0.1, -0.05) is 36.9 Å². The van der Waals surface area contributed by atoms with Crippen molar-refractivity contribution in [2.24, 2.45) is 0 Å². The van der Waals surface area contributed by atoms with Crippen molar-refractivity contribution in [2.45, 2.75) is 39.9 Å². The van der Waals surface area contributed by atoms with Gasteiger partial charge in [-0.3, -0.25) is 0 Å². The third kappa shape index (κ3) is 7.12.